The summed E-state index contributed by atoms with van der Waals surface area (Å²) < 4.78 is 0. The van der Waals surface area contributed by atoms with Gasteiger partial charge < -0.3 is 10.6 Å². The normalized spacial score (nSPS) is 17.9. The molecule has 1 aliphatic rings. The topological polar surface area (TPSA) is 29.3 Å². The Morgan fingerprint density at radius 1 is 1.00 bits per heavy atom. The Kier molecular flexibility index (Phi) is 5.02. The van der Waals surface area contributed by atoms with E-state index in [0.29, 0.717) is 6.54 Å². The highest BCUT2D eigenvalue weighted by molar-refractivity contribution is 5.23. The first-order valence-corrected chi connectivity index (χ1v) is 6.89. The van der Waals surface area contributed by atoms with Crippen molar-refractivity contribution in [2.24, 2.45) is 5.73 Å². The van der Waals surface area contributed by atoms with Crippen LogP contribution in [0.25, 0.3) is 0 Å². The molecule has 0 atom stereocenters. The van der Waals surface area contributed by atoms with Gasteiger partial charge in [-0.3, -0.25) is 0 Å². The number of rotatable bonds is 4. The van der Waals surface area contributed by atoms with Crippen molar-refractivity contribution in [1.82, 2.24) is 4.90 Å². The summed E-state index contributed by atoms with van der Waals surface area (Å²) in [5.41, 5.74) is 8.34. The number of hydrogen-bond acceptors (Lipinski definition) is 2. The second-order valence-corrected chi connectivity index (χ2v) is 5.03. The minimum atomic E-state index is 0.650. The fourth-order valence-corrected chi connectivity index (χ4v) is 2.56. The third-order valence-electron chi connectivity index (χ3n) is 3.64. The summed E-state index contributed by atoms with van der Waals surface area (Å²) in [7, 11) is 0. The molecule has 2 heteroatoms. The van der Waals surface area contributed by atoms with E-state index in [1.807, 2.05) is 0 Å². The largest absolute Gasteiger partial charge is 0.326 e. The van der Waals surface area contributed by atoms with Gasteiger partial charge in [0.1, 0.15) is 0 Å². The van der Waals surface area contributed by atoms with Gasteiger partial charge in [0, 0.05) is 13.1 Å². The second kappa shape index (κ2) is 6.77. The van der Waals surface area contributed by atoms with Crippen molar-refractivity contribution in [3.05, 3.63) is 35.4 Å². The molecule has 0 radical (unpaired) electrons. The lowest BCUT2D eigenvalue weighted by Gasteiger charge is -2.19. The minimum Gasteiger partial charge on any atom is -0.326 e. The van der Waals surface area contributed by atoms with Crippen LogP contribution in [0.5, 0.6) is 0 Å². The molecule has 2 N–H and O–H groups in total. The van der Waals surface area contributed by atoms with Gasteiger partial charge in [-0.05, 0) is 43.5 Å². The van der Waals surface area contributed by atoms with E-state index in [1.165, 1.54) is 56.4 Å². The van der Waals surface area contributed by atoms with Crippen molar-refractivity contribution in [1.29, 1.82) is 0 Å². The van der Waals surface area contributed by atoms with Crippen LogP contribution in [0.2, 0.25) is 0 Å². The van der Waals surface area contributed by atoms with Crippen LogP contribution in [0.1, 0.15) is 36.8 Å². The zero-order valence-electron chi connectivity index (χ0n) is 10.7. The fourth-order valence-electron chi connectivity index (χ4n) is 2.56. The average Bonchev–Trinajstić information content (AvgIpc) is 2.65. The maximum atomic E-state index is 5.67. The number of likely N-dealkylation sites (tertiary alicyclic amines) is 1. The van der Waals surface area contributed by atoms with Gasteiger partial charge in [0.05, 0.1) is 0 Å². The quantitative estimate of drug-likeness (QED) is 0.864. The monoisotopic (exact) mass is 232 g/mol. The summed E-state index contributed by atoms with van der Waals surface area (Å²) in [6.45, 7) is 4.43. The molecule has 1 fully saturated rings. The minimum absolute atomic E-state index is 0.650. The highest BCUT2D eigenvalue weighted by atomic mass is 15.1. The van der Waals surface area contributed by atoms with Gasteiger partial charge in [-0.15, -0.1) is 0 Å². The molecule has 1 saturated heterocycles. The number of hydrogen-bond donors (Lipinski definition) is 1. The van der Waals surface area contributed by atoms with Gasteiger partial charge in [0.15, 0.2) is 0 Å². The van der Waals surface area contributed by atoms with Crippen molar-refractivity contribution in [3.63, 3.8) is 0 Å². The molecule has 1 aromatic carbocycles. The molecule has 1 aliphatic heterocycles. The predicted octanol–water partition coefficient (Wildman–Crippen LogP) is 2.56. The van der Waals surface area contributed by atoms with Crippen molar-refractivity contribution < 1.29 is 0 Å². The zero-order valence-corrected chi connectivity index (χ0v) is 10.7. The van der Waals surface area contributed by atoms with E-state index in [4.69, 9.17) is 5.73 Å². The standard InChI is InChI=1S/C15H24N2/c16-13-15-7-5-6-14(12-15)8-11-17-9-3-1-2-4-10-17/h5-7,12H,1-4,8-11,13,16H2. The SMILES string of the molecule is NCc1cccc(CCN2CCCCCC2)c1. The van der Waals surface area contributed by atoms with Gasteiger partial charge in [-0.2, -0.15) is 0 Å². The molecular formula is C15H24N2. The molecule has 17 heavy (non-hydrogen) atoms. The molecule has 0 spiro atoms. The highest BCUT2D eigenvalue weighted by Gasteiger charge is 2.08. The summed E-state index contributed by atoms with van der Waals surface area (Å²) in [6, 6.07) is 8.70. The Hall–Kier alpha value is -0.860. The summed E-state index contributed by atoms with van der Waals surface area (Å²) in [5, 5.41) is 0. The smallest absolute Gasteiger partial charge is 0.0178 e. The van der Waals surface area contributed by atoms with Crippen molar-refractivity contribution in [2.75, 3.05) is 19.6 Å². The first kappa shape index (κ1) is 12.6. The first-order chi connectivity index (χ1) is 8.38. The van der Waals surface area contributed by atoms with Crippen molar-refractivity contribution in [3.8, 4) is 0 Å². The van der Waals surface area contributed by atoms with Gasteiger partial charge in [0.2, 0.25) is 0 Å². The van der Waals surface area contributed by atoms with E-state index in [0.717, 1.165) is 6.42 Å². The maximum Gasteiger partial charge on any atom is 0.0178 e. The van der Waals surface area contributed by atoms with Crippen LogP contribution in [0, 0.1) is 0 Å². The lowest BCUT2D eigenvalue weighted by molar-refractivity contribution is 0.289. The van der Waals surface area contributed by atoms with Crippen LogP contribution in [-0.4, -0.2) is 24.5 Å². The van der Waals surface area contributed by atoms with Crippen molar-refractivity contribution in [2.45, 2.75) is 38.6 Å². The molecule has 1 aromatic rings. The second-order valence-electron chi connectivity index (χ2n) is 5.03. The van der Waals surface area contributed by atoms with Crippen LogP contribution in [-0.2, 0) is 13.0 Å². The first-order valence-electron chi connectivity index (χ1n) is 6.89. The molecule has 0 bridgehead atoms. The third kappa shape index (κ3) is 4.14. The maximum absolute atomic E-state index is 5.67. The van der Waals surface area contributed by atoms with Crippen LogP contribution in [0.4, 0.5) is 0 Å². The predicted molar refractivity (Wildman–Crippen MR) is 72.9 cm³/mol. The van der Waals surface area contributed by atoms with E-state index < -0.39 is 0 Å². The van der Waals surface area contributed by atoms with Crippen LogP contribution < -0.4 is 5.73 Å². The molecule has 0 amide bonds. The molecule has 2 nitrogen and oxygen atoms in total. The lowest BCUT2D eigenvalue weighted by Crippen LogP contribution is -2.26. The third-order valence-corrected chi connectivity index (χ3v) is 3.64. The fraction of sp³-hybridized carbons (Fsp3) is 0.600. The van der Waals surface area contributed by atoms with Gasteiger partial charge in [-0.25, -0.2) is 0 Å². The van der Waals surface area contributed by atoms with E-state index >= 15 is 0 Å². The van der Waals surface area contributed by atoms with Gasteiger partial charge in [-0.1, -0.05) is 37.1 Å². The van der Waals surface area contributed by atoms with E-state index in [-0.39, 0.29) is 0 Å². The summed E-state index contributed by atoms with van der Waals surface area (Å²) in [5.74, 6) is 0. The Morgan fingerprint density at radius 2 is 1.71 bits per heavy atom. The van der Waals surface area contributed by atoms with Crippen molar-refractivity contribution >= 4 is 0 Å². The summed E-state index contributed by atoms with van der Waals surface area (Å²) >= 11 is 0. The van der Waals surface area contributed by atoms with Crippen LogP contribution in [0.15, 0.2) is 24.3 Å². The zero-order chi connectivity index (χ0) is 11.9. The van der Waals surface area contributed by atoms with E-state index in [2.05, 4.69) is 29.2 Å². The molecular weight excluding hydrogens is 208 g/mol. The number of nitrogens with zero attached hydrogens (tertiary/aromatic N) is 1. The molecule has 2 rings (SSSR count). The Bertz CT molecular complexity index is 327. The number of nitrogens with two attached hydrogens (primary N) is 1. The van der Waals surface area contributed by atoms with Crippen LogP contribution >= 0.6 is 0 Å². The van der Waals surface area contributed by atoms with Gasteiger partial charge in [0.25, 0.3) is 0 Å². The molecule has 0 aromatic heterocycles. The molecule has 0 unspecified atom stereocenters. The molecule has 0 aliphatic carbocycles. The number of benzene rings is 1. The lowest BCUT2D eigenvalue weighted by atomic mass is 10.1. The average molecular weight is 232 g/mol. The summed E-state index contributed by atoms with van der Waals surface area (Å²) in [6.07, 6.45) is 6.75. The Morgan fingerprint density at radius 3 is 2.41 bits per heavy atom. The van der Waals surface area contributed by atoms with E-state index in [9.17, 15) is 0 Å². The highest BCUT2D eigenvalue weighted by Crippen LogP contribution is 2.11. The Labute approximate surface area is 105 Å². The van der Waals surface area contributed by atoms with Gasteiger partial charge >= 0.3 is 0 Å². The molecule has 94 valence electrons. The molecule has 0 saturated carbocycles. The van der Waals surface area contributed by atoms with Crippen LogP contribution in [0.3, 0.4) is 0 Å². The van der Waals surface area contributed by atoms with E-state index in [1.54, 1.807) is 0 Å². The summed E-state index contributed by atoms with van der Waals surface area (Å²) in [4.78, 5) is 2.61. The molecule has 1 heterocycles. The Balaban J connectivity index is 1.83.